The molecule has 1 aromatic carbocycles. The predicted octanol–water partition coefficient (Wildman–Crippen LogP) is 0.818. The van der Waals surface area contributed by atoms with Gasteiger partial charge in [-0.15, -0.1) is 0 Å². The molecule has 1 aromatic heterocycles. The van der Waals surface area contributed by atoms with Crippen molar-refractivity contribution in [1.82, 2.24) is 20.3 Å². The van der Waals surface area contributed by atoms with Gasteiger partial charge in [-0.3, -0.25) is 0 Å². The third-order valence-corrected chi connectivity index (χ3v) is 2.78. The summed E-state index contributed by atoms with van der Waals surface area (Å²) in [6.45, 7) is 0.979. The van der Waals surface area contributed by atoms with Gasteiger partial charge in [0.05, 0.1) is 0 Å². The first kappa shape index (κ1) is 15.0. The van der Waals surface area contributed by atoms with Crippen molar-refractivity contribution in [2.75, 3.05) is 31.8 Å². The van der Waals surface area contributed by atoms with Crippen LogP contribution in [0.4, 0.5) is 11.9 Å². The lowest BCUT2D eigenvalue weighted by Gasteiger charge is -2.13. The van der Waals surface area contributed by atoms with E-state index in [1.165, 1.54) is 0 Å². The van der Waals surface area contributed by atoms with Gasteiger partial charge in [-0.25, -0.2) is 0 Å². The van der Waals surface area contributed by atoms with E-state index in [1.807, 2.05) is 45.4 Å². The summed E-state index contributed by atoms with van der Waals surface area (Å²) in [6.07, 6.45) is 0. The number of ether oxygens (including phenoxy) is 1. The minimum atomic E-state index is 0.191. The van der Waals surface area contributed by atoms with Gasteiger partial charge in [0.15, 0.2) is 5.82 Å². The van der Waals surface area contributed by atoms with Crippen LogP contribution in [0.3, 0.4) is 0 Å². The first-order valence-electron chi connectivity index (χ1n) is 6.63. The van der Waals surface area contributed by atoms with Crippen molar-refractivity contribution in [3.8, 4) is 5.75 Å². The van der Waals surface area contributed by atoms with Crippen LogP contribution in [-0.2, 0) is 13.2 Å². The van der Waals surface area contributed by atoms with Gasteiger partial charge in [-0.05, 0) is 13.1 Å². The number of hydrogen-bond acceptors (Lipinski definition) is 7. The van der Waals surface area contributed by atoms with E-state index in [0.717, 1.165) is 17.9 Å². The fourth-order valence-corrected chi connectivity index (χ4v) is 1.81. The number of anilines is 2. The Balaban J connectivity index is 2.13. The van der Waals surface area contributed by atoms with E-state index in [4.69, 9.17) is 10.5 Å². The molecule has 0 aliphatic carbocycles. The molecule has 7 nitrogen and oxygen atoms in total. The first-order chi connectivity index (χ1) is 10.1. The van der Waals surface area contributed by atoms with E-state index >= 15 is 0 Å². The monoisotopic (exact) mass is 288 g/mol. The van der Waals surface area contributed by atoms with E-state index in [9.17, 15) is 0 Å². The average Bonchev–Trinajstić information content (AvgIpc) is 2.46. The maximum Gasteiger partial charge on any atom is 0.230 e. The lowest BCUT2D eigenvalue weighted by Crippen LogP contribution is -2.17. The van der Waals surface area contributed by atoms with Crippen LogP contribution in [0.1, 0.15) is 11.4 Å². The summed E-state index contributed by atoms with van der Waals surface area (Å²) in [5, 5.41) is 3.11. The van der Waals surface area contributed by atoms with Crippen molar-refractivity contribution in [1.29, 1.82) is 0 Å². The molecule has 0 bridgehead atoms. The molecule has 21 heavy (non-hydrogen) atoms. The summed E-state index contributed by atoms with van der Waals surface area (Å²) in [5.41, 5.74) is 6.77. The molecule has 0 radical (unpaired) electrons. The van der Waals surface area contributed by atoms with Crippen molar-refractivity contribution < 1.29 is 4.74 Å². The Kier molecular flexibility index (Phi) is 4.89. The Bertz CT molecular complexity index is 602. The second kappa shape index (κ2) is 6.85. The summed E-state index contributed by atoms with van der Waals surface area (Å²) in [5.74, 6) is 2.02. The van der Waals surface area contributed by atoms with Crippen molar-refractivity contribution in [2.45, 2.75) is 13.2 Å². The quantitative estimate of drug-likeness (QED) is 0.813. The van der Waals surface area contributed by atoms with Gasteiger partial charge < -0.3 is 20.7 Å². The molecule has 2 aromatic rings. The second-order valence-electron chi connectivity index (χ2n) is 4.73. The summed E-state index contributed by atoms with van der Waals surface area (Å²) < 4.78 is 5.80. The Morgan fingerprint density at radius 3 is 2.67 bits per heavy atom. The highest BCUT2D eigenvalue weighted by Gasteiger charge is 2.08. The first-order valence-corrected chi connectivity index (χ1v) is 6.63. The van der Waals surface area contributed by atoms with Crippen LogP contribution in [0, 0.1) is 0 Å². The van der Waals surface area contributed by atoms with Gasteiger partial charge in [-0.2, -0.15) is 15.0 Å². The van der Waals surface area contributed by atoms with Crippen molar-refractivity contribution in [3.05, 3.63) is 35.7 Å². The highest BCUT2D eigenvalue weighted by atomic mass is 16.5. The molecule has 2 rings (SSSR count). The van der Waals surface area contributed by atoms with Crippen LogP contribution < -0.4 is 20.7 Å². The third-order valence-electron chi connectivity index (χ3n) is 2.78. The Morgan fingerprint density at radius 2 is 1.95 bits per heavy atom. The van der Waals surface area contributed by atoms with E-state index in [-0.39, 0.29) is 12.6 Å². The molecular formula is C14H20N6O. The van der Waals surface area contributed by atoms with E-state index < -0.39 is 0 Å². The standard InChI is InChI=1S/C14H20N6O/c1-16-8-10-6-4-5-7-11(10)21-9-12-17-13(15)19-14(18-12)20(2)3/h4-7,16H,8-9H2,1-3H3,(H2,15,17,18,19). The van der Waals surface area contributed by atoms with Gasteiger partial charge >= 0.3 is 0 Å². The van der Waals surface area contributed by atoms with Gasteiger partial charge in [0.2, 0.25) is 11.9 Å². The van der Waals surface area contributed by atoms with Crippen molar-refractivity contribution in [3.63, 3.8) is 0 Å². The Hall–Kier alpha value is -2.41. The van der Waals surface area contributed by atoms with E-state index in [0.29, 0.717) is 11.8 Å². The van der Waals surface area contributed by atoms with Gasteiger partial charge in [-0.1, -0.05) is 18.2 Å². The number of nitrogens with two attached hydrogens (primary N) is 1. The topological polar surface area (TPSA) is 89.2 Å². The van der Waals surface area contributed by atoms with E-state index in [2.05, 4.69) is 20.3 Å². The van der Waals surface area contributed by atoms with Crippen molar-refractivity contribution in [2.24, 2.45) is 0 Å². The zero-order valence-corrected chi connectivity index (χ0v) is 12.5. The smallest absolute Gasteiger partial charge is 0.230 e. The average molecular weight is 288 g/mol. The molecule has 3 N–H and O–H groups in total. The molecule has 0 unspecified atom stereocenters. The summed E-state index contributed by atoms with van der Waals surface area (Å²) in [7, 11) is 5.59. The van der Waals surface area contributed by atoms with Crippen LogP contribution >= 0.6 is 0 Å². The third kappa shape index (κ3) is 4.03. The largest absolute Gasteiger partial charge is 0.485 e. The number of rotatable bonds is 6. The van der Waals surface area contributed by atoms with Gasteiger partial charge in [0.25, 0.3) is 0 Å². The molecule has 0 amide bonds. The second-order valence-corrected chi connectivity index (χ2v) is 4.73. The zero-order valence-electron chi connectivity index (χ0n) is 12.5. The zero-order chi connectivity index (χ0) is 15.2. The number of para-hydroxylation sites is 1. The predicted molar refractivity (Wildman–Crippen MR) is 82.1 cm³/mol. The Morgan fingerprint density at radius 1 is 1.19 bits per heavy atom. The fourth-order valence-electron chi connectivity index (χ4n) is 1.81. The number of aromatic nitrogens is 3. The normalized spacial score (nSPS) is 10.4. The molecule has 0 saturated heterocycles. The van der Waals surface area contributed by atoms with Crippen LogP contribution in [0.5, 0.6) is 5.75 Å². The van der Waals surface area contributed by atoms with Gasteiger partial charge in [0.1, 0.15) is 12.4 Å². The van der Waals surface area contributed by atoms with Crippen LogP contribution in [0.2, 0.25) is 0 Å². The molecule has 7 heteroatoms. The van der Waals surface area contributed by atoms with Gasteiger partial charge in [0, 0.05) is 26.2 Å². The molecular weight excluding hydrogens is 268 g/mol. The summed E-state index contributed by atoms with van der Waals surface area (Å²) in [4.78, 5) is 14.2. The lowest BCUT2D eigenvalue weighted by atomic mass is 10.2. The highest BCUT2D eigenvalue weighted by molar-refractivity contribution is 5.34. The fraction of sp³-hybridized carbons (Fsp3) is 0.357. The maximum atomic E-state index is 5.80. The summed E-state index contributed by atoms with van der Waals surface area (Å²) >= 11 is 0. The number of hydrogen-bond donors (Lipinski definition) is 2. The Labute approximate surface area is 124 Å². The summed E-state index contributed by atoms with van der Waals surface area (Å²) in [6, 6.07) is 7.84. The van der Waals surface area contributed by atoms with Crippen LogP contribution in [0.15, 0.2) is 24.3 Å². The molecule has 0 saturated carbocycles. The maximum absolute atomic E-state index is 5.80. The number of nitrogen functional groups attached to an aromatic ring is 1. The van der Waals surface area contributed by atoms with Crippen LogP contribution in [-0.4, -0.2) is 36.1 Å². The molecule has 0 spiro atoms. The molecule has 0 fully saturated rings. The molecule has 112 valence electrons. The van der Waals surface area contributed by atoms with Crippen molar-refractivity contribution >= 4 is 11.9 Å². The van der Waals surface area contributed by atoms with Crippen LogP contribution in [0.25, 0.3) is 0 Å². The SMILES string of the molecule is CNCc1ccccc1OCc1nc(N)nc(N(C)C)n1. The number of nitrogens with one attached hydrogen (secondary N) is 1. The highest BCUT2D eigenvalue weighted by Crippen LogP contribution is 2.19. The lowest BCUT2D eigenvalue weighted by molar-refractivity contribution is 0.292. The minimum Gasteiger partial charge on any atom is -0.485 e. The molecule has 0 aliphatic heterocycles. The number of nitrogens with zero attached hydrogens (tertiary/aromatic N) is 4. The van der Waals surface area contributed by atoms with E-state index in [1.54, 1.807) is 4.90 Å². The molecule has 1 heterocycles. The minimum absolute atomic E-state index is 0.191. The number of benzene rings is 1. The molecule has 0 atom stereocenters. The molecule has 0 aliphatic rings.